The molecule has 1 aromatic heterocycles. The third-order valence-electron chi connectivity index (χ3n) is 2.64. The molecule has 0 bridgehead atoms. The third-order valence-corrected chi connectivity index (χ3v) is 3.83. The maximum atomic E-state index is 10.7. The third kappa shape index (κ3) is 3.95. The Morgan fingerprint density at radius 3 is 2.95 bits per heavy atom. The zero-order chi connectivity index (χ0) is 14.5. The van der Waals surface area contributed by atoms with E-state index < -0.39 is 5.97 Å². The molecule has 0 radical (unpaired) electrons. The van der Waals surface area contributed by atoms with E-state index in [9.17, 15) is 4.79 Å². The number of hydrogen-bond acceptors (Lipinski definition) is 3. The minimum absolute atomic E-state index is 0.472. The van der Waals surface area contributed by atoms with Gasteiger partial charge in [0.05, 0.1) is 0 Å². The summed E-state index contributed by atoms with van der Waals surface area (Å²) in [7, 11) is 0. The number of carbonyl (C=O) groups is 1. The van der Waals surface area contributed by atoms with Crippen LogP contribution in [0.2, 0.25) is 0 Å². The van der Waals surface area contributed by atoms with Gasteiger partial charge in [-0.05, 0) is 53.1 Å². The number of halogens is 1. The van der Waals surface area contributed by atoms with Crippen LogP contribution in [0.5, 0.6) is 5.75 Å². The minimum Gasteiger partial charge on any atom is -0.488 e. The topological polar surface area (TPSA) is 46.5 Å². The summed E-state index contributed by atoms with van der Waals surface area (Å²) in [6.07, 6.45) is 2.65. The second kappa shape index (κ2) is 6.72. The van der Waals surface area contributed by atoms with Gasteiger partial charge in [-0.25, -0.2) is 4.79 Å². The molecule has 0 aliphatic rings. The van der Waals surface area contributed by atoms with Crippen LogP contribution in [0.25, 0.3) is 6.08 Å². The highest BCUT2D eigenvalue weighted by Crippen LogP contribution is 2.30. The van der Waals surface area contributed by atoms with Crippen molar-refractivity contribution in [2.45, 2.75) is 13.5 Å². The molecule has 2 aromatic rings. The number of thiophene rings is 1. The number of aliphatic carboxylic acids is 1. The smallest absolute Gasteiger partial charge is 0.328 e. The van der Waals surface area contributed by atoms with Gasteiger partial charge in [0, 0.05) is 16.1 Å². The van der Waals surface area contributed by atoms with E-state index in [4.69, 9.17) is 9.84 Å². The molecule has 0 fully saturated rings. The molecule has 1 N–H and O–H groups in total. The Balaban J connectivity index is 2.27. The van der Waals surface area contributed by atoms with Crippen molar-refractivity contribution >= 4 is 39.3 Å². The van der Waals surface area contributed by atoms with Crippen molar-refractivity contribution in [2.75, 3.05) is 0 Å². The van der Waals surface area contributed by atoms with Gasteiger partial charge in [-0.15, -0.1) is 0 Å². The van der Waals surface area contributed by atoms with Crippen LogP contribution in [-0.4, -0.2) is 11.1 Å². The number of carboxylic acids is 1. The average Bonchev–Trinajstić information content (AvgIpc) is 2.88. The van der Waals surface area contributed by atoms with Gasteiger partial charge in [-0.2, -0.15) is 11.3 Å². The number of aryl methyl sites for hydroxylation is 1. The first-order valence-corrected chi connectivity index (χ1v) is 7.65. The highest BCUT2D eigenvalue weighted by atomic mass is 79.9. The molecule has 0 saturated carbocycles. The zero-order valence-electron chi connectivity index (χ0n) is 10.8. The molecule has 3 nitrogen and oxygen atoms in total. The van der Waals surface area contributed by atoms with E-state index in [-0.39, 0.29) is 0 Å². The van der Waals surface area contributed by atoms with Gasteiger partial charge in [0.15, 0.2) is 0 Å². The van der Waals surface area contributed by atoms with Gasteiger partial charge in [0.1, 0.15) is 12.4 Å². The molecule has 20 heavy (non-hydrogen) atoms. The molecular formula is C15H13BrO3S. The second-order valence-corrected chi connectivity index (χ2v) is 5.93. The van der Waals surface area contributed by atoms with Gasteiger partial charge in [0.25, 0.3) is 0 Å². The zero-order valence-corrected chi connectivity index (χ0v) is 13.2. The Bertz CT molecular complexity index is 633. The fraction of sp³-hybridized carbons (Fsp3) is 0.133. The van der Waals surface area contributed by atoms with Gasteiger partial charge in [-0.1, -0.05) is 15.9 Å². The van der Waals surface area contributed by atoms with Crippen LogP contribution in [0.4, 0.5) is 0 Å². The lowest BCUT2D eigenvalue weighted by Crippen LogP contribution is -1.98. The molecular weight excluding hydrogens is 340 g/mol. The van der Waals surface area contributed by atoms with Crippen molar-refractivity contribution in [1.29, 1.82) is 0 Å². The molecule has 0 aliphatic heterocycles. The van der Waals surface area contributed by atoms with Gasteiger partial charge < -0.3 is 9.84 Å². The largest absolute Gasteiger partial charge is 0.488 e. The Labute approximate surface area is 129 Å². The van der Waals surface area contributed by atoms with Crippen LogP contribution in [0, 0.1) is 6.92 Å². The molecule has 2 rings (SSSR count). The molecule has 1 heterocycles. The van der Waals surface area contributed by atoms with E-state index >= 15 is 0 Å². The van der Waals surface area contributed by atoms with Crippen molar-refractivity contribution in [3.8, 4) is 5.75 Å². The Kier molecular flexibility index (Phi) is 4.98. The van der Waals surface area contributed by atoms with Crippen LogP contribution in [0.3, 0.4) is 0 Å². The molecule has 1 aromatic carbocycles. The molecule has 104 valence electrons. The highest BCUT2D eigenvalue weighted by molar-refractivity contribution is 9.10. The summed E-state index contributed by atoms with van der Waals surface area (Å²) in [6, 6.07) is 5.79. The second-order valence-electron chi connectivity index (χ2n) is 4.23. The summed E-state index contributed by atoms with van der Waals surface area (Å²) in [4.78, 5) is 10.7. The van der Waals surface area contributed by atoms with Crippen molar-refractivity contribution in [3.05, 3.63) is 56.2 Å². The van der Waals surface area contributed by atoms with Gasteiger partial charge >= 0.3 is 5.97 Å². The van der Waals surface area contributed by atoms with Crippen LogP contribution in [0.1, 0.15) is 16.7 Å². The maximum absolute atomic E-state index is 10.7. The molecule has 0 amide bonds. The predicted molar refractivity (Wildman–Crippen MR) is 84.2 cm³/mol. The van der Waals surface area contributed by atoms with Crippen molar-refractivity contribution in [2.24, 2.45) is 0 Å². The van der Waals surface area contributed by atoms with E-state index in [0.29, 0.717) is 12.4 Å². The number of rotatable bonds is 5. The quantitative estimate of drug-likeness (QED) is 0.806. The molecule has 0 unspecified atom stereocenters. The van der Waals surface area contributed by atoms with Crippen LogP contribution >= 0.6 is 27.3 Å². The summed E-state index contributed by atoms with van der Waals surface area (Å²) >= 11 is 5.03. The Morgan fingerprint density at radius 1 is 1.50 bits per heavy atom. The van der Waals surface area contributed by atoms with Crippen LogP contribution in [0.15, 0.2) is 39.5 Å². The lowest BCUT2D eigenvalue weighted by molar-refractivity contribution is -0.131. The Hall–Kier alpha value is -1.59. The highest BCUT2D eigenvalue weighted by Gasteiger charge is 2.08. The number of hydrogen-bond donors (Lipinski definition) is 1. The van der Waals surface area contributed by atoms with Crippen molar-refractivity contribution in [1.82, 2.24) is 0 Å². The molecule has 0 aliphatic carbocycles. The van der Waals surface area contributed by atoms with Crippen LogP contribution in [-0.2, 0) is 11.4 Å². The fourth-order valence-corrected chi connectivity index (χ4v) is 3.01. The van der Waals surface area contributed by atoms with Crippen molar-refractivity contribution in [3.63, 3.8) is 0 Å². The summed E-state index contributed by atoms with van der Waals surface area (Å²) in [5.41, 5.74) is 2.81. The predicted octanol–water partition coefficient (Wildman–Crippen LogP) is 4.50. The van der Waals surface area contributed by atoms with E-state index in [1.165, 1.54) is 0 Å². The summed E-state index contributed by atoms with van der Waals surface area (Å²) in [5.74, 6) is -0.275. The maximum Gasteiger partial charge on any atom is 0.328 e. The first-order valence-electron chi connectivity index (χ1n) is 5.91. The SMILES string of the molecule is Cc1cc(Br)cc(/C=C/C(=O)O)c1OCc1ccsc1. The monoisotopic (exact) mass is 352 g/mol. The fourth-order valence-electron chi connectivity index (χ4n) is 1.77. The lowest BCUT2D eigenvalue weighted by atomic mass is 10.1. The lowest BCUT2D eigenvalue weighted by Gasteiger charge is -2.12. The minimum atomic E-state index is -0.980. The van der Waals surface area contributed by atoms with Gasteiger partial charge in [0.2, 0.25) is 0 Å². The van der Waals surface area contributed by atoms with E-state index in [0.717, 1.165) is 27.2 Å². The summed E-state index contributed by atoms with van der Waals surface area (Å²) in [5, 5.41) is 12.8. The first kappa shape index (κ1) is 14.8. The molecule has 0 spiro atoms. The Morgan fingerprint density at radius 2 is 2.30 bits per heavy atom. The molecule has 0 saturated heterocycles. The number of carboxylic acid groups (broad SMARTS) is 1. The standard InChI is InChI=1S/C15H13BrO3S/c1-10-6-13(16)7-12(2-3-14(17)18)15(10)19-8-11-4-5-20-9-11/h2-7,9H,8H2,1H3,(H,17,18)/b3-2+. The first-order chi connectivity index (χ1) is 9.56. The summed E-state index contributed by atoms with van der Waals surface area (Å²) in [6.45, 7) is 2.41. The van der Waals surface area contributed by atoms with E-state index in [1.807, 2.05) is 35.9 Å². The normalized spacial score (nSPS) is 10.9. The molecule has 0 atom stereocenters. The van der Waals surface area contributed by atoms with E-state index in [2.05, 4.69) is 15.9 Å². The molecule has 5 heteroatoms. The van der Waals surface area contributed by atoms with E-state index in [1.54, 1.807) is 17.4 Å². The van der Waals surface area contributed by atoms with Crippen molar-refractivity contribution < 1.29 is 14.6 Å². The summed E-state index contributed by atoms with van der Waals surface area (Å²) < 4.78 is 6.73. The van der Waals surface area contributed by atoms with Gasteiger partial charge in [-0.3, -0.25) is 0 Å². The number of ether oxygens (including phenoxy) is 1. The average molecular weight is 353 g/mol. The van der Waals surface area contributed by atoms with Crippen LogP contribution < -0.4 is 4.74 Å². The number of benzene rings is 1.